The molecule has 0 saturated carbocycles. The zero-order valence-electron chi connectivity index (χ0n) is 19.8. The number of guanidine groups is 1. The molecule has 1 aliphatic rings. The summed E-state index contributed by atoms with van der Waals surface area (Å²) >= 11 is 0. The van der Waals surface area contributed by atoms with Gasteiger partial charge in [-0.3, -0.25) is 14.5 Å². The number of aliphatic imine (C=N–C) groups is 1. The van der Waals surface area contributed by atoms with Gasteiger partial charge in [-0.1, -0.05) is 0 Å². The molecule has 1 amide bonds. The van der Waals surface area contributed by atoms with Gasteiger partial charge in [0, 0.05) is 77.4 Å². The van der Waals surface area contributed by atoms with Gasteiger partial charge in [0.15, 0.2) is 5.96 Å². The van der Waals surface area contributed by atoms with Gasteiger partial charge in [-0.25, -0.2) is 9.97 Å². The van der Waals surface area contributed by atoms with Crippen LogP contribution in [0.15, 0.2) is 23.5 Å². The average Bonchev–Trinajstić information content (AvgIpc) is 3.04. The van der Waals surface area contributed by atoms with Gasteiger partial charge >= 0.3 is 0 Å². The monoisotopic (exact) mass is 441 g/mol. The first-order valence-electron chi connectivity index (χ1n) is 11.1. The normalized spacial score (nSPS) is 15.6. The summed E-state index contributed by atoms with van der Waals surface area (Å²) in [4.78, 5) is 29.5. The molecule has 3 rings (SSSR count). The number of rotatable bonds is 7. The van der Waals surface area contributed by atoms with Gasteiger partial charge in [0.1, 0.15) is 0 Å². The maximum absolute atomic E-state index is 12.6. The Hall–Kier alpha value is -3.17. The lowest BCUT2D eigenvalue weighted by Gasteiger charge is -2.34. The zero-order chi connectivity index (χ0) is 23.1. The maximum Gasteiger partial charge on any atom is 0.225 e. The minimum atomic E-state index is 0.149. The van der Waals surface area contributed by atoms with E-state index in [2.05, 4.69) is 49.4 Å². The van der Waals surface area contributed by atoms with E-state index in [0.717, 1.165) is 31.2 Å². The molecule has 0 aromatic carbocycles. The Labute approximate surface area is 190 Å². The lowest BCUT2D eigenvalue weighted by Crippen LogP contribution is -2.50. The highest BCUT2D eigenvalue weighted by molar-refractivity contribution is 5.81. The second kappa shape index (κ2) is 10.9. The third kappa shape index (κ3) is 5.95. The van der Waals surface area contributed by atoms with Crippen LogP contribution >= 0.6 is 0 Å². The van der Waals surface area contributed by atoms with Gasteiger partial charge in [0.05, 0.1) is 5.69 Å². The lowest BCUT2D eigenvalue weighted by molar-refractivity contribution is -0.131. The van der Waals surface area contributed by atoms with E-state index in [9.17, 15) is 4.79 Å². The van der Waals surface area contributed by atoms with Crippen LogP contribution in [0.4, 0.5) is 5.95 Å². The number of anilines is 1. The van der Waals surface area contributed by atoms with Gasteiger partial charge in [0.2, 0.25) is 11.9 Å². The summed E-state index contributed by atoms with van der Waals surface area (Å²) in [5, 5.41) is 11.2. The minimum absolute atomic E-state index is 0.149. The van der Waals surface area contributed by atoms with Crippen LogP contribution in [0.5, 0.6) is 0 Å². The predicted octanol–water partition coefficient (Wildman–Crippen LogP) is 0.662. The fourth-order valence-corrected chi connectivity index (χ4v) is 3.95. The highest BCUT2D eigenvalue weighted by atomic mass is 16.2. The molecule has 2 N–H and O–H groups in total. The molecule has 0 spiro atoms. The van der Waals surface area contributed by atoms with Crippen molar-refractivity contribution in [3.8, 4) is 0 Å². The molecular weight excluding hydrogens is 406 g/mol. The van der Waals surface area contributed by atoms with E-state index in [1.165, 1.54) is 11.3 Å². The van der Waals surface area contributed by atoms with Gasteiger partial charge in [-0.2, -0.15) is 5.10 Å². The largest absolute Gasteiger partial charge is 0.356 e. The summed E-state index contributed by atoms with van der Waals surface area (Å²) in [5.74, 6) is 1.58. The highest BCUT2D eigenvalue weighted by Crippen LogP contribution is 2.14. The standard InChI is InChI=1S/C22H35N9O/c1-16(15-19-17(2)28-29(5)18(19)3)27-21(23-4)24-10-7-20(32)30-11-13-31(14-12-30)22-25-8-6-9-26-22/h6,8-9,16H,7,10-15H2,1-5H3,(H2,23,24,27). The average molecular weight is 442 g/mol. The Balaban J connectivity index is 1.39. The van der Waals surface area contributed by atoms with Crippen LogP contribution in [0.1, 0.15) is 30.3 Å². The number of aryl methyl sites for hydroxylation is 2. The second-order valence-corrected chi connectivity index (χ2v) is 8.19. The molecule has 0 aliphatic carbocycles. The first-order chi connectivity index (χ1) is 15.4. The molecule has 0 radical (unpaired) electrons. The van der Waals surface area contributed by atoms with Crippen molar-refractivity contribution in [1.29, 1.82) is 0 Å². The van der Waals surface area contributed by atoms with Crippen molar-refractivity contribution >= 4 is 17.8 Å². The fourth-order valence-electron chi connectivity index (χ4n) is 3.95. The summed E-state index contributed by atoms with van der Waals surface area (Å²) in [6, 6.07) is 1.99. The van der Waals surface area contributed by atoms with Gasteiger partial charge < -0.3 is 20.4 Å². The number of nitrogens with one attached hydrogen (secondary N) is 2. The van der Waals surface area contributed by atoms with Crippen molar-refractivity contribution in [2.75, 3.05) is 44.7 Å². The molecule has 1 atom stereocenters. The highest BCUT2D eigenvalue weighted by Gasteiger charge is 2.22. The first-order valence-corrected chi connectivity index (χ1v) is 11.1. The Kier molecular flexibility index (Phi) is 8.02. The Morgan fingerprint density at radius 1 is 1.19 bits per heavy atom. The number of nitrogens with zero attached hydrogens (tertiary/aromatic N) is 7. The SMILES string of the molecule is CN=C(NCCC(=O)N1CCN(c2ncccn2)CC1)NC(C)Cc1c(C)nn(C)c1C. The van der Waals surface area contributed by atoms with Crippen molar-refractivity contribution in [1.82, 2.24) is 35.3 Å². The molecule has 2 aromatic heterocycles. The van der Waals surface area contributed by atoms with Gasteiger partial charge in [-0.15, -0.1) is 0 Å². The molecule has 1 saturated heterocycles. The fraction of sp³-hybridized carbons (Fsp3) is 0.591. The second-order valence-electron chi connectivity index (χ2n) is 8.19. The smallest absolute Gasteiger partial charge is 0.225 e. The zero-order valence-corrected chi connectivity index (χ0v) is 19.8. The third-order valence-electron chi connectivity index (χ3n) is 5.87. The van der Waals surface area contributed by atoms with Crippen LogP contribution in [0.2, 0.25) is 0 Å². The summed E-state index contributed by atoms with van der Waals surface area (Å²) in [5.41, 5.74) is 3.51. The first kappa shape index (κ1) is 23.5. The molecule has 1 unspecified atom stereocenters. The van der Waals surface area contributed by atoms with Crippen LogP contribution in [-0.2, 0) is 18.3 Å². The van der Waals surface area contributed by atoms with Crippen molar-refractivity contribution < 1.29 is 4.79 Å². The number of hydrogen-bond acceptors (Lipinski definition) is 6. The molecule has 10 nitrogen and oxygen atoms in total. The topological polar surface area (TPSA) is 104 Å². The van der Waals surface area contributed by atoms with E-state index < -0.39 is 0 Å². The van der Waals surface area contributed by atoms with E-state index in [0.29, 0.717) is 32.0 Å². The minimum Gasteiger partial charge on any atom is -0.356 e. The Bertz CT molecular complexity index is 917. The van der Waals surface area contributed by atoms with Crippen LogP contribution < -0.4 is 15.5 Å². The molecular formula is C22H35N9O. The van der Waals surface area contributed by atoms with Crippen LogP contribution in [0.3, 0.4) is 0 Å². The van der Waals surface area contributed by atoms with Crippen molar-refractivity contribution in [3.63, 3.8) is 0 Å². The third-order valence-corrected chi connectivity index (χ3v) is 5.87. The molecule has 174 valence electrons. The van der Waals surface area contributed by atoms with E-state index in [1.807, 2.05) is 23.6 Å². The molecule has 10 heteroatoms. The predicted molar refractivity (Wildman–Crippen MR) is 126 cm³/mol. The van der Waals surface area contributed by atoms with Gasteiger partial charge in [-0.05, 0) is 38.8 Å². The summed E-state index contributed by atoms with van der Waals surface area (Å²) in [6.07, 6.45) is 4.77. The van der Waals surface area contributed by atoms with Crippen LogP contribution in [-0.4, -0.2) is 82.3 Å². The molecule has 0 bridgehead atoms. The quantitative estimate of drug-likeness (QED) is 0.481. The van der Waals surface area contributed by atoms with Crippen LogP contribution in [0, 0.1) is 13.8 Å². The van der Waals surface area contributed by atoms with E-state index in [1.54, 1.807) is 25.5 Å². The van der Waals surface area contributed by atoms with Crippen molar-refractivity contribution in [2.24, 2.45) is 12.0 Å². The van der Waals surface area contributed by atoms with E-state index in [-0.39, 0.29) is 11.9 Å². The number of amides is 1. The number of carbonyl (C=O) groups is 1. The van der Waals surface area contributed by atoms with Crippen molar-refractivity contribution in [2.45, 2.75) is 39.7 Å². The summed E-state index contributed by atoms with van der Waals surface area (Å²) in [7, 11) is 3.71. The van der Waals surface area contributed by atoms with Crippen LogP contribution in [0.25, 0.3) is 0 Å². The molecule has 32 heavy (non-hydrogen) atoms. The molecule has 1 fully saturated rings. The number of aromatic nitrogens is 4. The maximum atomic E-state index is 12.6. The Morgan fingerprint density at radius 2 is 1.88 bits per heavy atom. The number of carbonyl (C=O) groups excluding carboxylic acids is 1. The molecule has 2 aromatic rings. The van der Waals surface area contributed by atoms with E-state index in [4.69, 9.17) is 0 Å². The van der Waals surface area contributed by atoms with E-state index >= 15 is 0 Å². The van der Waals surface area contributed by atoms with Gasteiger partial charge in [0.25, 0.3) is 0 Å². The lowest BCUT2D eigenvalue weighted by atomic mass is 10.1. The van der Waals surface area contributed by atoms with Crippen molar-refractivity contribution in [3.05, 3.63) is 35.4 Å². The summed E-state index contributed by atoms with van der Waals surface area (Å²) < 4.78 is 1.92. The number of piperazine rings is 1. The Morgan fingerprint density at radius 3 is 2.47 bits per heavy atom. The number of hydrogen-bond donors (Lipinski definition) is 2. The summed E-state index contributed by atoms with van der Waals surface area (Å²) in [6.45, 7) is 9.66. The molecule has 3 heterocycles. The molecule has 1 aliphatic heterocycles.